The summed E-state index contributed by atoms with van der Waals surface area (Å²) in [5.74, 6) is -0.0707. The number of carbonyl (C=O) groups is 2. The van der Waals surface area contributed by atoms with Crippen LogP contribution in [0, 0.1) is 0 Å². The zero-order valence-corrected chi connectivity index (χ0v) is 21.8. The molecule has 6 nitrogen and oxygen atoms in total. The molecule has 36 heavy (non-hydrogen) atoms. The lowest BCUT2D eigenvalue weighted by atomic mass is 10.2. The van der Waals surface area contributed by atoms with E-state index in [4.69, 9.17) is 39.5 Å². The van der Waals surface area contributed by atoms with E-state index in [-0.39, 0.29) is 21.9 Å². The smallest absolute Gasteiger partial charge is 0.255 e. The Kier molecular flexibility index (Phi) is 8.41. The summed E-state index contributed by atoms with van der Waals surface area (Å²) >= 11 is 18.8. The number of amides is 2. The van der Waals surface area contributed by atoms with E-state index < -0.39 is 0 Å². The Labute approximate surface area is 225 Å². The van der Waals surface area contributed by atoms with Gasteiger partial charge in [-0.15, -0.1) is 0 Å². The van der Waals surface area contributed by atoms with E-state index >= 15 is 0 Å². The molecule has 0 aromatic heterocycles. The summed E-state index contributed by atoms with van der Waals surface area (Å²) in [7, 11) is 1.46. The number of nitrogens with zero attached hydrogens (tertiary/aromatic N) is 2. The number of benzene rings is 3. The van der Waals surface area contributed by atoms with E-state index in [9.17, 15) is 9.59 Å². The highest BCUT2D eigenvalue weighted by Crippen LogP contribution is 2.34. The van der Waals surface area contributed by atoms with Crippen LogP contribution in [-0.2, 0) is 4.79 Å². The van der Waals surface area contributed by atoms with Crippen molar-refractivity contribution in [1.82, 2.24) is 4.90 Å². The topological polar surface area (TPSA) is 61.9 Å². The molecular formula is C27H24Cl3N3O3. The number of nitrogens with one attached hydrogen (secondary N) is 1. The molecule has 0 spiro atoms. The Morgan fingerprint density at radius 1 is 0.889 bits per heavy atom. The summed E-state index contributed by atoms with van der Waals surface area (Å²) in [5, 5.41) is 3.81. The van der Waals surface area contributed by atoms with Crippen molar-refractivity contribution >= 4 is 64.1 Å². The quantitative estimate of drug-likeness (QED) is 0.372. The standard InChI is InChI=1S/C27H24Cl3N3O3/c1-36-26-22(29)15-19(16-23(26)30)27(35)31-20-8-9-24(21(28)17-20)32-11-13-33(14-12-32)25(34)10-7-18-5-3-2-4-6-18/h2-10,15-17H,11-14H2,1H3,(H,31,35)/b10-7+. The van der Waals surface area contributed by atoms with Gasteiger partial charge in [-0.25, -0.2) is 0 Å². The van der Waals surface area contributed by atoms with Crippen molar-refractivity contribution in [3.63, 3.8) is 0 Å². The van der Waals surface area contributed by atoms with Crippen LogP contribution in [0.4, 0.5) is 11.4 Å². The van der Waals surface area contributed by atoms with Gasteiger partial charge in [0.2, 0.25) is 5.91 Å². The number of ether oxygens (including phenoxy) is 1. The van der Waals surface area contributed by atoms with Crippen molar-refractivity contribution in [2.24, 2.45) is 0 Å². The van der Waals surface area contributed by atoms with Crippen LogP contribution >= 0.6 is 34.8 Å². The fourth-order valence-corrected chi connectivity index (χ4v) is 4.88. The monoisotopic (exact) mass is 543 g/mol. The van der Waals surface area contributed by atoms with E-state index in [0.29, 0.717) is 48.2 Å². The number of carbonyl (C=O) groups excluding carboxylic acids is 2. The van der Waals surface area contributed by atoms with Crippen molar-refractivity contribution in [3.05, 3.63) is 92.9 Å². The van der Waals surface area contributed by atoms with E-state index in [0.717, 1.165) is 11.3 Å². The molecule has 9 heteroatoms. The molecule has 0 radical (unpaired) electrons. The van der Waals surface area contributed by atoms with Crippen molar-refractivity contribution in [1.29, 1.82) is 0 Å². The average molecular weight is 545 g/mol. The molecule has 0 unspecified atom stereocenters. The molecule has 0 atom stereocenters. The number of hydrogen-bond donors (Lipinski definition) is 1. The first-order valence-electron chi connectivity index (χ1n) is 11.3. The Bertz CT molecular complexity index is 1270. The fraction of sp³-hybridized carbons (Fsp3) is 0.185. The van der Waals surface area contributed by atoms with Crippen LogP contribution in [-0.4, -0.2) is 50.0 Å². The van der Waals surface area contributed by atoms with Crippen molar-refractivity contribution in [2.45, 2.75) is 0 Å². The highest BCUT2D eigenvalue weighted by atomic mass is 35.5. The first-order chi connectivity index (χ1) is 17.4. The van der Waals surface area contributed by atoms with Crippen LogP contribution in [0.5, 0.6) is 5.75 Å². The molecule has 1 heterocycles. The van der Waals surface area contributed by atoms with Gasteiger partial charge in [-0.3, -0.25) is 9.59 Å². The molecule has 1 N–H and O–H groups in total. The first kappa shape index (κ1) is 25.9. The molecule has 1 fully saturated rings. The average Bonchev–Trinajstić information content (AvgIpc) is 2.88. The minimum atomic E-state index is -0.374. The van der Waals surface area contributed by atoms with Gasteiger partial charge >= 0.3 is 0 Å². The molecule has 2 amide bonds. The molecule has 3 aromatic carbocycles. The summed E-state index contributed by atoms with van der Waals surface area (Å²) in [6.45, 7) is 2.48. The first-order valence-corrected chi connectivity index (χ1v) is 12.4. The zero-order chi connectivity index (χ0) is 25.7. The van der Waals surface area contributed by atoms with Crippen LogP contribution in [0.2, 0.25) is 15.1 Å². The molecule has 1 aliphatic heterocycles. The van der Waals surface area contributed by atoms with E-state index in [1.54, 1.807) is 18.2 Å². The van der Waals surface area contributed by atoms with Crippen LogP contribution in [0.25, 0.3) is 6.08 Å². The maximum absolute atomic E-state index is 12.7. The highest BCUT2D eigenvalue weighted by Gasteiger charge is 2.22. The third-order valence-corrected chi connectivity index (χ3v) is 6.68. The summed E-state index contributed by atoms with van der Waals surface area (Å²) in [5.41, 5.74) is 2.67. The molecule has 0 aliphatic carbocycles. The number of hydrogen-bond acceptors (Lipinski definition) is 4. The second-order valence-corrected chi connectivity index (χ2v) is 9.37. The highest BCUT2D eigenvalue weighted by molar-refractivity contribution is 6.38. The second kappa shape index (κ2) is 11.7. The fourth-order valence-electron chi connectivity index (χ4n) is 3.94. The molecule has 1 saturated heterocycles. The minimum absolute atomic E-state index is 0.0126. The lowest BCUT2D eigenvalue weighted by Gasteiger charge is -2.36. The lowest BCUT2D eigenvalue weighted by molar-refractivity contribution is -0.126. The molecule has 1 aliphatic rings. The lowest BCUT2D eigenvalue weighted by Crippen LogP contribution is -2.48. The van der Waals surface area contributed by atoms with Crippen molar-refractivity contribution in [2.75, 3.05) is 43.5 Å². The molecule has 186 valence electrons. The Hall–Kier alpha value is -3.19. The van der Waals surface area contributed by atoms with Gasteiger partial charge in [0.15, 0.2) is 5.75 Å². The third-order valence-electron chi connectivity index (χ3n) is 5.82. The Balaban J connectivity index is 1.36. The van der Waals surface area contributed by atoms with Gasteiger partial charge in [-0.2, -0.15) is 0 Å². The normalized spacial score (nSPS) is 13.7. The van der Waals surface area contributed by atoms with Crippen LogP contribution in [0.3, 0.4) is 0 Å². The second-order valence-electron chi connectivity index (χ2n) is 8.15. The molecule has 0 bridgehead atoms. The predicted molar refractivity (Wildman–Crippen MR) is 147 cm³/mol. The van der Waals surface area contributed by atoms with E-state index in [1.807, 2.05) is 47.4 Å². The SMILES string of the molecule is COc1c(Cl)cc(C(=O)Nc2ccc(N3CCN(C(=O)/C=C/c4ccccc4)CC3)c(Cl)c2)cc1Cl. The summed E-state index contributed by atoms with van der Waals surface area (Å²) in [6, 6.07) is 18.1. The van der Waals surface area contributed by atoms with E-state index in [2.05, 4.69) is 10.2 Å². The van der Waals surface area contributed by atoms with E-state index in [1.165, 1.54) is 19.2 Å². The number of anilines is 2. The summed E-state index contributed by atoms with van der Waals surface area (Å²) in [6.07, 6.45) is 3.44. The maximum atomic E-state index is 12.7. The number of halogens is 3. The van der Waals surface area contributed by atoms with Gasteiger partial charge < -0.3 is 19.9 Å². The van der Waals surface area contributed by atoms with Gasteiger partial charge in [0.05, 0.1) is 27.9 Å². The molecule has 4 rings (SSSR count). The number of rotatable bonds is 6. The predicted octanol–water partition coefficient (Wildman–Crippen LogP) is 6.27. The molecule has 3 aromatic rings. The molecule has 0 saturated carbocycles. The third kappa shape index (κ3) is 6.13. The van der Waals surface area contributed by atoms with Crippen molar-refractivity contribution < 1.29 is 14.3 Å². The van der Waals surface area contributed by atoms with Gasteiger partial charge in [0.25, 0.3) is 5.91 Å². The number of piperazine rings is 1. The Morgan fingerprint density at radius 2 is 1.56 bits per heavy atom. The van der Waals surface area contributed by atoms with Gasteiger partial charge in [0.1, 0.15) is 0 Å². The van der Waals surface area contributed by atoms with Crippen LogP contribution in [0.15, 0.2) is 66.7 Å². The van der Waals surface area contributed by atoms with Crippen LogP contribution in [0.1, 0.15) is 15.9 Å². The maximum Gasteiger partial charge on any atom is 0.255 e. The van der Waals surface area contributed by atoms with Crippen molar-refractivity contribution in [3.8, 4) is 5.75 Å². The zero-order valence-electron chi connectivity index (χ0n) is 19.5. The summed E-state index contributed by atoms with van der Waals surface area (Å²) < 4.78 is 5.12. The summed E-state index contributed by atoms with van der Waals surface area (Å²) in [4.78, 5) is 29.2. The van der Waals surface area contributed by atoms with Gasteiger partial charge in [-0.05, 0) is 42.0 Å². The minimum Gasteiger partial charge on any atom is -0.494 e. The largest absolute Gasteiger partial charge is 0.494 e. The Morgan fingerprint density at radius 3 is 2.17 bits per heavy atom. The van der Waals surface area contributed by atoms with Gasteiger partial charge in [0, 0.05) is 43.5 Å². The molecular weight excluding hydrogens is 521 g/mol. The van der Waals surface area contributed by atoms with Gasteiger partial charge in [-0.1, -0.05) is 65.1 Å². The van der Waals surface area contributed by atoms with Crippen LogP contribution < -0.4 is 15.0 Å². The number of methoxy groups -OCH3 is 1.